The van der Waals surface area contributed by atoms with Gasteiger partial charge in [0.1, 0.15) is 12.1 Å². The highest BCUT2D eigenvalue weighted by molar-refractivity contribution is 5.99. The summed E-state index contributed by atoms with van der Waals surface area (Å²) in [5, 5.41) is 2.09. The summed E-state index contributed by atoms with van der Waals surface area (Å²) in [4.78, 5) is 10.9. The largest absolute Gasteiger partial charge is 0.298 e. The fraction of sp³-hybridized carbons (Fsp3) is 0.0556. The summed E-state index contributed by atoms with van der Waals surface area (Å²) >= 11 is 0. The molecule has 0 heterocycles. The van der Waals surface area contributed by atoms with Gasteiger partial charge in [-0.1, -0.05) is 36.4 Å². The second-order valence-electron chi connectivity index (χ2n) is 4.83. The number of carbonyl (C=O) groups excluding carboxylic acids is 1. The number of aldehydes is 1. The van der Waals surface area contributed by atoms with Crippen molar-refractivity contribution in [3.63, 3.8) is 0 Å². The highest BCUT2D eigenvalue weighted by Crippen LogP contribution is 2.32. The van der Waals surface area contributed by atoms with Crippen LogP contribution >= 0.6 is 0 Å². The van der Waals surface area contributed by atoms with Gasteiger partial charge in [0.05, 0.1) is 0 Å². The van der Waals surface area contributed by atoms with Gasteiger partial charge in [-0.2, -0.15) is 0 Å². The van der Waals surface area contributed by atoms with Gasteiger partial charge in [0.2, 0.25) is 0 Å². The summed E-state index contributed by atoms with van der Waals surface area (Å²) < 4.78 is 14.1. The highest BCUT2D eigenvalue weighted by Gasteiger charge is 2.10. The van der Waals surface area contributed by atoms with Crippen LogP contribution < -0.4 is 0 Å². The first-order valence-corrected chi connectivity index (χ1v) is 6.44. The van der Waals surface area contributed by atoms with E-state index in [0.717, 1.165) is 28.2 Å². The predicted molar refractivity (Wildman–Crippen MR) is 79.5 cm³/mol. The molecule has 0 aliphatic carbocycles. The van der Waals surface area contributed by atoms with Crippen LogP contribution in [0.3, 0.4) is 0 Å². The number of rotatable bonds is 2. The van der Waals surface area contributed by atoms with Gasteiger partial charge in [-0.3, -0.25) is 4.79 Å². The lowest BCUT2D eigenvalue weighted by Gasteiger charge is -2.10. The smallest absolute Gasteiger partial charge is 0.150 e. The molecule has 3 aromatic carbocycles. The van der Waals surface area contributed by atoms with Crippen molar-refractivity contribution in [2.24, 2.45) is 0 Å². The van der Waals surface area contributed by atoms with Crippen LogP contribution in [-0.2, 0) is 0 Å². The molecular weight excluding hydrogens is 251 g/mol. The summed E-state index contributed by atoms with van der Waals surface area (Å²) in [5.74, 6) is -0.315. The molecule has 0 atom stereocenters. The second kappa shape index (κ2) is 4.89. The van der Waals surface area contributed by atoms with E-state index < -0.39 is 0 Å². The molecule has 20 heavy (non-hydrogen) atoms. The molecule has 0 unspecified atom stereocenters. The fourth-order valence-electron chi connectivity index (χ4n) is 2.51. The number of hydrogen-bond acceptors (Lipinski definition) is 1. The van der Waals surface area contributed by atoms with Crippen molar-refractivity contribution in [2.45, 2.75) is 6.92 Å². The highest BCUT2D eigenvalue weighted by atomic mass is 19.1. The molecule has 2 heteroatoms. The van der Waals surface area contributed by atoms with Gasteiger partial charge in [0.15, 0.2) is 0 Å². The minimum atomic E-state index is -0.315. The minimum absolute atomic E-state index is 0.315. The Morgan fingerprint density at radius 1 is 0.900 bits per heavy atom. The Morgan fingerprint density at radius 2 is 1.65 bits per heavy atom. The third-order valence-corrected chi connectivity index (χ3v) is 3.56. The number of benzene rings is 3. The van der Waals surface area contributed by atoms with E-state index in [0.29, 0.717) is 11.1 Å². The molecule has 0 saturated heterocycles. The molecule has 0 N–H and O–H groups in total. The summed E-state index contributed by atoms with van der Waals surface area (Å²) in [5.41, 5.74) is 2.90. The fourth-order valence-corrected chi connectivity index (χ4v) is 2.51. The Bertz CT molecular complexity index is 806. The lowest BCUT2D eigenvalue weighted by molar-refractivity contribution is 0.112. The van der Waals surface area contributed by atoms with Crippen molar-refractivity contribution in [3.8, 4) is 11.1 Å². The summed E-state index contributed by atoms with van der Waals surface area (Å²) in [6.45, 7) is 2.03. The van der Waals surface area contributed by atoms with E-state index in [1.54, 1.807) is 6.07 Å². The van der Waals surface area contributed by atoms with E-state index in [1.165, 1.54) is 12.1 Å². The Kier molecular flexibility index (Phi) is 3.07. The summed E-state index contributed by atoms with van der Waals surface area (Å²) in [6, 6.07) is 16.2. The van der Waals surface area contributed by atoms with Crippen molar-refractivity contribution < 1.29 is 9.18 Å². The number of carbonyl (C=O) groups is 1. The Hall–Kier alpha value is -2.48. The van der Waals surface area contributed by atoms with Crippen molar-refractivity contribution in [1.82, 2.24) is 0 Å². The van der Waals surface area contributed by atoms with Gasteiger partial charge in [-0.25, -0.2) is 4.39 Å². The van der Waals surface area contributed by atoms with Gasteiger partial charge in [0.25, 0.3) is 0 Å². The summed E-state index contributed by atoms with van der Waals surface area (Å²) in [6.07, 6.45) is 0.735. The molecule has 3 rings (SSSR count). The number of fused-ring (bicyclic) bond motifs is 1. The first kappa shape index (κ1) is 12.5. The molecule has 0 aliphatic rings. The normalized spacial score (nSPS) is 10.7. The zero-order chi connectivity index (χ0) is 14.1. The quantitative estimate of drug-likeness (QED) is 0.609. The van der Waals surface area contributed by atoms with Crippen molar-refractivity contribution in [1.29, 1.82) is 0 Å². The van der Waals surface area contributed by atoms with Crippen LogP contribution in [0.5, 0.6) is 0 Å². The van der Waals surface area contributed by atoms with Gasteiger partial charge in [-0.15, -0.1) is 0 Å². The minimum Gasteiger partial charge on any atom is -0.298 e. The number of hydrogen-bond donors (Lipinski definition) is 0. The molecule has 1 nitrogen and oxygen atoms in total. The van der Waals surface area contributed by atoms with Crippen molar-refractivity contribution >= 4 is 17.1 Å². The molecule has 98 valence electrons. The first-order chi connectivity index (χ1) is 9.70. The third-order valence-electron chi connectivity index (χ3n) is 3.56. The summed E-state index contributed by atoms with van der Waals surface area (Å²) in [7, 11) is 0. The van der Waals surface area contributed by atoms with Crippen molar-refractivity contribution in [2.75, 3.05) is 0 Å². The van der Waals surface area contributed by atoms with Crippen LogP contribution in [0.15, 0.2) is 54.6 Å². The molecule has 0 amide bonds. The molecule has 0 aromatic heterocycles. The second-order valence-corrected chi connectivity index (χ2v) is 4.83. The molecule has 0 radical (unpaired) electrons. The van der Waals surface area contributed by atoms with E-state index in [1.807, 2.05) is 43.3 Å². The molecule has 0 bridgehead atoms. The lowest BCUT2D eigenvalue weighted by Crippen LogP contribution is -1.90. The van der Waals surface area contributed by atoms with E-state index in [-0.39, 0.29) is 5.82 Å². The average molecular weight is 264 g/mol. The Labute approximate surface area is 116 Å². The predicted octanol–water partition coefficient (Wildman–Crippen LogP) is 4.77. The Balaban J connectivity index is 2.35. The molecule has 0 saturated carbocycles. The van der Waals surface area contributed by atoms with E-state index >= 15 is 0 Å². The maximum Gasteiger partial charge on any atom is 0.150 e. The monoisotopic (exact) mass is 264 g/mol. The first-order valence-electron chi connectivity index (χ1n) is 6.44. The molecule has 0 aliphatic heterocycles. The third kappa shape index (κ3) is 1.99. The van der Waals surface area contributed by atoms with Crippen molar-refractivity contribution in [3.05, 3.63) is 71.5 Å². The standard InChI is InChI=1S/C18H13FO/c1-12-6-8-16(15-5-3-2-4-14(12)15)17-10-13(11-20)7-9-18(17)19/h2-11H,1H3. The maximum atomic E-state index is 14.1. The Morgan fingerprint density at radius 3 is 2.40 bits per heavy atom. The van der Waals surface area contributed by atoms with Crippen LogP contribution in [0.4, 0.5) is 4.39 Å². The number of aryl methyl sites for hydroxylation is 1. The van der Waals surface area contributed by atoms with Gasteiger partial charge in [-0.05, 0) is 47.0 Å². The topological polar surface area (TPSA) is 17.1 Å². The van der Waals surface area contributed by atoms with Crippen LogP contribution in [0, 0.1) is 12.7 Å². The van der Waals surface area contributed by atoms with Crippen LogP contribution in [0.1, 0.15) is 15.9 Å². The molecule has 0 fully saturated rings. The zero-order valence-electron chi connectivity index (χ0n) is 11.1. The number of halogens is 1. The van der Waals surface area contributed by atoms with Crippen LogP contribution in [-0.4, -0.2) is 6.29 Å². The molecule has 0 spiro atoms. The van der Waals surface area contributed by atoms with Gasteiger partial charge >= 0.3 is 0 Å². The maximum absolute atomic E-state index is 14.1. The van der Waals surface area contributed by atoms with Crippen LogP contribution in [0.25, 0.3) is 21.9 Å². The molecular formula is C18H13FO. The van der Waals surface area contributed by atoms with E-state index in [9.17, 15) is 9.18 Å². The lowest BCUT2D eigenvalue weighted by atomic mass is 9.94. The molecule has 3 aromatic rings. The zero-order valence-corrected chi connectivity index (χ0v) is 11.1. The SMILES string of the molecule is Cc1ccc(-c2cc(C=O)ccc2F)c2ccccc12. The van der Waals surface area contributed by atoms with E-state index in [2.05, 4.69) is 0 Å². The van der Waals surface area contributed by atoms with Gasteiger partial charge in [0, 0.05) is 11.1 Å². The van der Waals surface area contributed by atoms with Gasteiger partial charge < -0.3 is 0 Å². The van der Waals surface area contributed by atoms with E-state index in [4.69, 9.17) is 0 Å². The van der Waals surface area contributed by atoms with Crippen LogP contribution in [0.2, 0.25) is 0 Å². The average Bonchev–Trinajstić information content (AvgIpc) is 2.49.